The van der Waals surface area contributed by atoms with Gasteiger partial charge in [-0.05, 0) is 17.7 Å². The molecular formula is C15H15N5O. The molecule has 6 heteroatoms. The highest BCUT2D eigenvalue weighted by molar-refractivity contribution is 5.80. The summed E-state index contributed by atoms with van der Waals surface area (Å²) in [6.07, 6.45) is 1.81. The molecule has 0 bridgehead atoms. The molecule has 0 fully saturated rings. The molecule has 106 valence electrons. The summed E-state index contributed by atoms with van der Waals surface area (Å²) in [5.41, 5.74) is 1.81. The average Bonchev–Trinajstić information content (AvgIpc) is 2.95. The van der Waals surface area contributed by atoms with Gasteiger partial charge in [-0.3, -0.25) is 4.79 Å². The Bertz CT molecular complexity index is 705. The van der Waals surface area contributed by atoms with E-state index in [1.807, 2.05) is 54.7 Å². The van der Waals surface area contributed by atoms with E-state index in [-0.39, 0.29) is 12.5 Å². The number of nitrogens with one attached hydrogen (secondary N) is 2. The van der Waals surface area contributed by atoms with E-state index in [0.717, 1.165) is 11.2 Å². The molecule has 0 saturated carbocycles. The maximum absolute atomic E-state index is 11.8. The van der Waals surface area contributed by atoms with Crippen LogP contribution < -0.4 is 10.6 Å². The zero-order valence-corrected chi connectivity index (χ0v) is 11.4. The molecule has 1 aromatic carbocycles. The van der Waals surface area contributed by atoms with Crippen LogP contribution in [0.15, 0.2) is 54.7 Å². The van der Waals surface area contributed by atoms with Crippen molar-refractivity contribution in [3.05, 3.63) is 60.3 Å². The molecule has 0 unspecified atom stereocenters. The molecule has 3 rings (SSSR count). The summed E-state index contributed by atoms with van der Waals surface area (Å²) in [5.74, 6) is 0.341. The van der Waals surface area contributed by atoms with Crippen molar-refractivity contribution in [3.8, 4) is 0 Å². The number of hydrogen-bond acceptors (Lipinski definition) is 4. The lowest BCUT2D eigenvalue weighted by molar-refractivity contribution is -0.119. The third kappa shape index (κ3) is 3.36. The number of fused-ring (bicyclic) bond motifs is 1. The van der Waals surface area contributed by atoms with Crippen LogP contribution in [0.5, 0.6) is 0 Å². The van der Waals surface area contributed by atoms with Gasteiger partial charge in [-0.2, -0.15) is 4.98 Å². The predicted molar refractivity (Wildman–Crippen MR) is 79.8 cm³/mol. The van der Waals surface area contributed by atoms with Gasteiger partial charge in [0, 0.05) is 12.7 Å². The van der Waals surface area contributed by atoms with Gasteiger partial charge in [0.05, 0.1) is 6.54 Å². The molecule has 0 saturated heterocycles. The first-order valence-corrected chi connectivity index (χ1v) is 6.67. The minimum Gasteiger partial charge on any atom is -0.350 e. The van der Waals surface area contributed by atoms with E-state index >= 15 is 0 Å². The van der Waals surface area contributed by atoms with Crippen molar-refractivity contribution in [2.75, 3.05) is 11.9 Å². The third-order valence-corrected chi connectivity index (χ3v) is 2.98. The van der Waals surface area contributed by atoms with Gasteiger partial charge in [0.15, 0.2) is 5.65 Å². The van der Waals surface area contributed by atoms with Crippen LogP contribution in [-0.2, 0) is 11.3 Å². The molecule has 0 aliphatic carbocycles. The quantitative estimate of drug-likeness (QED) is 0.742. The summed E-state index contributed by atoms with van der Waals surface area (Å²) >= 11 is 0. The fraction of sp³-hybridized carbons (Fsp3) is 0.133. The smallest absolute Gasteiger partial charge is 0.243 e. The summed E-state index contributed by atoms with van der Waals surface area (Å²) in [6, 6.07) is 15.4. The second-order valence-electron chi connectivity index (χ2n) is 4.55. The van der Waals surface area contributed by atoms with Crippen molar-refractivity contribution < 1.29 is 4.79 Å². The molecule has 2 heterocycles. The highest BCUT2D eigenvalue weighted by Crippen LogP contribution is 2.03. The molecule has 3 aromatic rings. The zero-order chi connectivity index (χ0) is 14.5. The topological polar surface area (TPSA) is 71.3 Å². The maximum atomic E-state index is 11.8. The molecule has 0 spiro atoms. The molecule has 0 atom stereocenters. The van der Waals surface area contributed by atoms with Crippen LogP contribution in [0.3, 0.4) is 0 Å². The van der Waals surface area contributed by atoms with Crippen LogP contribution >= 0.6 is 0 Å². The van der Waals surface area contributed by atoms with Crippen LogP contribution in [-0.4, -0.2) is 27.0 Å². The first-order valence-electron chi connectivity index (χ1n) is 6.67. The van der Waals surface area contributed by atoms with Gasteiger partial charge in [0.1, 0.15) is 0 Å². The fourth-order valence-electron chi connectivity index (χ4n) is 1.92. The van der Waals surface area contributed by atoms with Gasteiger partial charge in [-0.25, -0.2) is 4.52 Å². The maximum Gasteiger partial charge on any atom is 0.243 e. The number of amides is 1. The lowest BCUT2D eigenvalue weighted by Gasteiger charge is -2.05. The Labute approximate surface area is 121 Å². The number of carbonyl (C=O) groups is 1. The van der Waals surface area contributed by atoms with Crippen LogP contribution in [0.25, 0.3) is 5.65 Å². The van der Waals surface area contributed by atoms with Crippen molar-refractivity contribution in [3.63, 3.8) is 0 Å². The van der Waals surface area contributed by atoms with E-state index in [9.17, 15) is 4.79 Å². The minimum absolute atomic E-state index is 0.0993. The number of pyridine rings is 1. The standard InChI is InChI=1S/C15H15N5O/c21-14(16-10-12-6-2-1-3-7-12)11-17-15-18-13-8-4-5-9-20(13)19-15/h1-9H,10-11H2,(H,16,21)(H,17,19). The minimum atomic E-state index is -0.0993. The van der Waals surface area contributed by atoms with Gasteiger partial charge < -0.3 is 10.6 Å². The second kappa shape index (κ2) is 6.04. The van der Waals surface area contributed by atoms with E-state index in [0.29, 0.717) is 12.5 Å². The van der Waals surface area contributed by atoms with Crippen molar-refractivity contribution in [1.82, 2.24) is 19.9 Å². The molecule has 21 heavy (non-hydrogen) atoms. The predicted octanol–water partition coefficient (Wildman–Crippen LogP) is 1.46. The van der Waals surface area contributed by atoms with E-state index in [4.69, 9.17) is 0 Å². The summed E-state index contributed by atoms with van der Waals surface area (Å²) in [4.78, 5) is 16.0. The van der Waals surface area contributed by atoms with Gasteiger partial charge in [0.2, 0.25) is 11.9 Å². The number of carbonyl (C=O) groups excluding carboxylic acids is 1. The Balaban J connectivity index is 1.51. The Hall–Kier alpha value is -2.89. The summed E-state index contributed by atoms with van der Waals surface area (Å²) in [5, 5.41) is 9.97. The van der Waals surface area contributed by atoms with E-state index in [1.54, 1.807) is 4.52 Å². The zero-order valence-electron chi connectivity index (χ0n) is 11.4. The fourth-order valence-corrected chi connectivity index (χ4v) is 1.92. The first kappa shape index (κ1) is 13.1. The first-order chi connectivity index (χ1) is 10.3. The average molecular weight is 281 g/mol. The number of anilines is 1. The van der Waals surface area contributed by atoms with Crippen LogP contribution in [0.4, 0.5) is 5.95 Å². The number of nitrogens with zero attached hydrogens (tertiary/aromatic N) is 3. The lowest BCUT2D eigenvalue weighted by atomic mass is 10.2. The van der Waals surface area contributed by atoms with E-state index in [1.165, 1.54) is 0 Å². The van der Waals surface area contributed by atoms with Gasteiger partial charge in [-0.1, -0.05) is 36.4 Å². The number of hydrogen-bond donors (Lipinski definition) is 2. The molecule has 6 nitrogen and oxygen atoms in total. The monoisotopic (exact) mass is 281 g/mol. The summed E-state index contributed by atoms with van der Waals surface area (Å²) in [7, 11) is 0. The Morgan fingerprint density at radius 3 is 2.71 bits per heavy atom. The number of aromatic nitrogens is 3. The molecule has 0 aliphatic rings. The normalized spacial score (nSPS) is 10.5. The molecule has 0 radical (unpaired) electrons. The van der Waals surface area contributed by atoms with Crippen LogP contribution in [0.2, 0.25) is 0 Å². The van der Waals surface area contributed by atoms with Gasteiger partial charge >= 0.3 is 0 Å². The molecule has 1 amide bonds. The molecular weight excluding hydrogens is 266 g/mol. The van der Waals surface area contributed by atoms with Crippen molar-refractivity contribution in [2.45, 2.75) is 6.54 Å². The number of rotatable bonds is 5. The lowest BCUT2D eigenvalue weighted by Crippen LogP contribution is -2.29. The molecule has 0 aliphatic heterocycles. The Morgan fingerprint density at radius 1 is 1.10 bits per heavy atom. The summed E-state index contributed by atoms with van der Waals surface area (Å²) in [6.45, 7) is 0.656. The van der Waals surface area contributed by atoms with E-state index in [2.05, 4.69) is 20.7 Å². The van der Waals surface area contributed by atoms with Crippen LogP contribution in [0, 0.1) is 0 Å². The molecule has 2 aromatic heterocycles. The largest absolute Gasteiger partial charge is 0.350 e. The Kier molecular flexibility index (Phi) is 3.77. The molecule has 2 N–H and O–H groups in total. The third-order valence-electron chi connectivity index (χ3n) is 2.98. The van der Waals surface area contributed by atoms with E-state index < -0.39 is 0 Å². The van der Waals surface area contributed by atoms with Gasteiger partial charge in [0.25, 0.3) is 0 Å². The highest BCUT2D eigenvalue weighted by Gasteiger charge is 2.05. The van der Waals surface area contributed by atoms with Crippen molar-refractivity contribution in [1.29, 1.82) is 0 Å². The SMILES string of the molecule is O=C(CNc1nc2ccccn2n1)NCc1ccccc1. The van der Waals surface area contributed by atoms with Crippen molar-refractivity contribution in [2.24, 2.45) is 0 Å². The summed E-state index contributed by atoms with van der Waals surface area (Å²) < 4.78 is 1.66. The highest BCUT2D eigenvalue weighted by atomic mass is 16.1. The van der Waals surface area contributed by atoms with Crippen LogP contribution in [0.1, 0.15) is 5.56 Å². The Morgan fingerprint density at radius 2 is 1.90 bits per heavy atom. The number of benzene rings is 1. The second-order valence-corrected chi connectivity index (χ2v) is 4.55. The van der Waals surface area contributed by atoms with Gasteiger partial charge in [-0.15, -0.1) is 5.10 Å². The van der Waals surface area contributed by atoms with Crippen molar-refractivity contribution >= 4 is 17.5 Å².